The van der Waals surface area contributed by atoms with Crippen LogP contribution in [0.4, 0.5) is 5.69 Å². The van der Waals surface area contributed by atoms with Gasteiger partial charge in [0.15, 0.2) is 5.52 Å². The van der Waals surface area contributed by atoms with Gasteiger partial charge in [-0.15, -0.1) is 0 Å². The van der Waals surface area contributed by atoms with Crippen LogP contribution in [0.3, 0.4) is 0 Å². The van der Waals surface area contributed by atoms with Gasteiger partial charge in [-0.2, -0.15) is 0 Å². The van der Waals surface area contributed by atoms with Crippen molar-refractivity contribution < 1.29 is 17.8 Å². The van der Waals surface area contributed by atoms with E-state index in [-0.39, 0.29) is 22.2 Å². The van der Waals surface area contributed by atoms with Gasteiger partial charge in [-0.1, -0.05) is 6.07 Å². The van der Waals surface area contributed by atoms with Gasteiger partial charge in [-0.05, 0) is 28.5 Å². The number of benzene rings is 1. The second-order valence-corrected chi connectivity index (χ2v) is 7.10. The van der Waals surface area contributed by atoms with Crippen molar-refractivity contribution in [1.82, 2.24) is 19.8 Å². The highest BCUT2D eigenvalue weighted by Crippen LogP contribution is 2.24. The maximum atomic E-state index is 12.6. The molecule has 0 radical (unpaired) electrons. The van der Waals surface area contributed by atoms with Crippen LogP contribution in [-0.2, 0) is 17.1 Å². The molecule has 0 aliphatic rings. The molecule has 2 heterocycles. The van der Waals surface area contributed by atoms with Crippen LogP contribution in [0.1, 0.15) is 10.5 Å². The molecule has 0 saturated heterocycles. The molecule has 24 heavy (non-hydrogen) atoms. The summed E-state index contributed by atoms with van der Waals surface area (Å²) in [7, 11) is 0.909. The van der Waals surface area contributed by atoms with E-state index >= 15 is 0 Å². The normalized spacial score (nSPS) is 11.6. The smallest absolute Gasteiger partial charge is 0.269 e. The average Bonchev–Trinajstić information content (AvgIpc) is 3.13. The zero-order chi connectivity index (χ0) is 17.5. The number of sulfonamides is 1. The number of hydrogen-bond donors (Lipinski definition) is 1. The van der Waals surface area contributed by atoms with Gasteiger partial charge in [0.2, 0.25) is 0 Å². The standard InChI is InChI=1S/C14H15N5O4S/c1-18(2)14(20)12-7-9(8-19(12)3)24(21,22)17-11-6-4-5-10-13(11)16-23-15-10/h4-8,17H,1-3H3. The average molecular weight is 349 g/mol. The summed E-state index contributed by atoms with van der Waals surface area (Å²) >= 11 is 0. The van der Waals surface area contributed by atoms with Gasteiger partial charge in [-0.25, -0.2) is 13.0 Å². The summed E-state index contributed by atoms with van der Waals surface area (Å²) in [5, 5.41) is 7.36. The number of aromatic nitrogens is 3. The Morgan fingerprint density at radius 3 is 2.75 bits per heavy atom. The first-order valence-electron chi connectivity index (χ1n) is 6.92. The van der Waals surface area contributed by atoms with Crippen LogP contribution >= 0.6 is 0 Å². The third kappa shape index (κ3) is 2.71. The third-order valence-corrected chi connectivity index (χ3v) is 4.78. The Balaban J connectivity index is 1.98. The van der Waals surface area contributed by atoms with Crippen molar-refractivity contribution in [3.8, 4) is 0 Å². The number of hydrogen-bond acceptors (Lipinski definition) is 6. The van der Waals surface area contributed by atoms with Gasteiger partial charge in [0, 0.05) is 27.3 Å². The fraction of sp³-hybridized carbons (Fsp3) is 0.214. The Bertz CT molecular complexity index is 1020. The van der Waals surface area contributed by atoms with E-state index in [1.54, 1.807) is 39.3 Å². The van der Waals surface area contributed by atoms with Gasteiger partial charge < -0.3 is 9.47 Å². The summed E-state index contributed by atoms with van der Waals surface area (Å²) in [6.45, 7) is 0. The molecule has 0 aliphatic heterocycles. The van der Waals surface area contributed by atoms with Gasteiger partial charge in [0.25, 0.3) is 15.9 Å². The summed E-state index contributed by atoms with van der Waals surface area (Å²) < 4.78 is 33.7. The number of amides is 1. The molecule has 0 unspecified atom stereocenters. The summed E-state index contributed by atoms with van der Waals surface area (Å²) in [6.07, 6.45) is 1.38. The minimum absolute atomic E-state index is 0.0244. The van der Waals surface area contributed by atoms with Crippen LogP contribution in [0, 0.1) is 0 Å². The van der Waals surface area contributed by atoms with E-state index in [0.717, 1.165) is 0 Å². The van der Waals surface area contributed by atoms with Crippen molar-refractivity contribution in [2.75, 3.05) is 18.8 Å². The van der Waals surface area contributed by atoms with E-state index in [1.807, 2.05) is 0 Å². The first-order chi connectivity index (χ1) is 11.3. The molecular weight excluding hydrogens is 334 g/mol. The van der Waals surface area contributed by atoms with Gasteiger partial charge >= 0.3 is 0 Å². The number of rotatable bonds is 4. The second kappa shape index (κ2) is 5.64. The van der Waals surface area contributed by atoms with Gasteiger partial charge in [-0.3, -0.25) is 9.52 Å². The number of carbonyl (C=O) groups excluding carboxylic acids is 1. The number of carbonyl (C=O) groups is 1. The molecular formula is C14H15N5O4S. The lowest BCUT2D eigenvalue weighted by molar-refractivity contribution is 0.0818. The lowest BCUT2D eigenvalue weighted by Gasteiger charge is -2.09. The summed E-state index contributed by atoms with van der Waals surface area (Å²) in [5.74, 6) is -0.290. The molecule has 0 bridgehead atoms. The maximum absolute atomic E-state index is 12.6. The Hall–Kier alpha value is -2.88. The van der Waals surface area contributed by atoms with E-state index in [4.69, 9.17) is 0 Å². The van der Waals surface area contributed by atoms with Crippen molar-refractivity contribution in [1.29, 1.82) is 0 Å². The van der Waals surface area contributed by atoms with Crippen molar-refractivity contribution in [2.45, 2.75) is 4.90 Å². The highest BCUT2D eigenvalue weighted by atomic mass is 32.2. The maximum Gasteiger partial charge on any atom is 0.269 e. The Labute approximate surface area is 137 Å². The largest absolute Gasteiger partial charge is 0.345 e. The fourth-order valence-electron chi connectivity index (χ4n) is 2.22. The van der Waals surface area contributed by atoms with Gasteiger partial charge in [0.05, 0.1) is 5.69 Å². The lowest BCUT2D eigenvalue weighted by atomic mass is 10.3. The zero-order valence-electron chi connectivity index (χ0n) is 13.2. The number of anilines is 1. The summed E-state index contributed by atoms with van der Waals surface area (Å²) in [4.78, 5) is 13.4. The van der Waals surface area contributed by atoms with E-state index in [2.05, 4.69) is 19.7 Å². The van der Waals surface area contributed by atoms with Crippen LogP contribution in [-0.4, -0.2) is 48.2 Å². The van der Waals surface area contributed by atoms with E-state index in [1.165, 1.54) is 21.7 Å². The molecule has 1 amide bonds. The van der Waals surface area contributed by atoms with Crippen LogP contribution in [0.5, 0.6) is 0 Å². The molecule has 1 N–H and O–H groups in total. The lowest BCUT2D eigenvalue weighted by Crippen LogP contribution is -2.23. The van der Waals surface area contributed by atoms with E-state index in [0.29, 0.717) is 11.0 Å². The number of aryl methyl sites for hydroxylation is 1. The minimum Gasteiger partial charge on any atom is -0.345 e. The number of fused-ring (bicyclic) bond motifs is 1. The first kappa shape index (κ1) is 16.0. The monoisotopic (exact) mass is 349 g/mol. The highest BCUT2D eigenvalue weighted by Gasteiger charge is 2.22. The Kier molecular flexibility index (Phi) is 3.76. The van der Waals surface area contributed by atoms with Crippen LogP contribution < -0.4 is 4.72 Å². The predicted molar refractivity (Wildman–Crippen MR) is 86.0 cm³/mol. The SMILES string of the molecule is CN(C)C(=O)c1cc(S(=O)(=O)Nc2cccc3nonc23)cn1C. The second-order valence-electron chi connectivity index (χ2n) is 5.41. The fourth-order valence-corrected chi connectivity index (χ4v) is 3.35. The Morgan fingerprint density at radius 1 is 1.29 bits per heavy atom. The molecule has 10 heteroatoms. The predicted octanol–water partition coefficient (Wildman–Crippen LogP) is 1.06. The molecule has 3 aromatic rings. The number of nitrogens with one attached hydrogen (secondary N) is 1. The van der Waals surface area contributed by atoms with Crippen molar-refractivity contribution in [3.05, 3.63) is 36.2 Å². The summed E-state index contributed by atoms with van der Waals surface area (Å²) in [6, 6.07) is 6.17. The van der Waals surface area contributed by atoms with Gasteiger partial charge in [0.1, 0.15) is 16.1 Å². The zero-order valence-corrected chi connectivity index (χ0v) is 14.0. The van der Waals surface area contributed by atoms with E-state index < -0.39 is 10.0 Å². The molecule has 2 aromatic heterocycles. The minimum atomic E-state index is -3.89. The van der Waals surface area contributed by atoms with Crippen LogP contribution in [0.15, 0.2) is 40.0 Å². The highest BCUT2D eigenvalue weighted by molar-refractivity contribution is 7.92. The van der Waals surface area contributed by atoms with Crippen molar-refractivity contribution in [2.24, 2.45) is 7.05 Å². The molecule has 0 fully saturated rings. The topological polar surface area (TPSA) is 110 Å². The van der Waals surface area contributed by atoms with Crippen LogP contribution in [0.2, 0.25) is 0 Å². The molecule has 9 nitrogen and oxygen atoms in total. The number of nitrogens with zero attached hydrogens (tertiary/aromatic N) is 4. The summed E-state index contributed by atoms with van der Waals surface area (Å²) in [5.41, 5.74) is 1.26. The van der Waals surface area contributed by atoms with Crippen molar-refractivity contribution in [3.63, 3.8) is 0 Å². The molecule has 0 saturated carbocycles. The quantitative estimate of drug-likeness (QED) is 0.754. The van der Waals surface area contributed by atoms with Crippen molar-refractivity contribution >= 4 is 32.7 Å². The molecule has 3 rings (SSSR count). The van der Waals surface area contributed by atoms with E-state index in [9.17, 15) is 13.2 Å². The van der Waals surface area contributed by atoms with Crippen LogP contribution in [0.25, 0.3) is 11.0 Å². The molecule has 126 valence electrons. The molecule has 0 atom stereocenters. The molecule has 1 aromatic carbocycles. The first-order valence-corrected chi connectivity index (χ1v) is 8.40. The molecule has 0 aliphatic carbocycles. The third-order valence-electron chi connectivity index (χ3n) is 3.45. The Morgan fingerprint density at radius 2 is 2.04 bits per heavy atom. The molecule has 0 spiro atoms.